The molecule has 112 valence electrons. The minimum atomic E-state index is 0.209. The van der Waals surface area contributed by atoms with Crippen LogP contribution in [0.15, 0.2) is 30.6 Å². The predicted octanol–water partition coefficient (Wildman–Crippen LogP) is 1.44. The third kappa shape index (κ3) is 2.91. The molecular weight excluding hydrogens is 280 g/mol. The Morgan fingerprint density at radius 3 is 3.09 bits per heavy atom. The molecule has 7 heteroatoms. The van der Waals surface area contributed by atoms with Gasteiger partial charge in [-0.25, -0.2) is 9.97 Å². The van der Waals surface area contributed by atoms with Crippen molar-refractivity contribution in [3.05, 3.63) is 36.2 Å². The van der Waals surface area contributed by atoms with Gasteiger partial charge in [0.1, 0.15) is 11.9 Å². The lowest BCUT2D eigenvalue weighted by atomic mass is 10.2. The van der Waals surface area contributed by atoms with E-state index in [1.807, 2.05) is 0 Å². The van der Waals surface area contributed by atoms with Gasteiger partial charge in [0.05, 0.1) is 12.7 Å². The molecule has 22 heavy (non-hydrogen) atoms. The summed E-state index contributed by atoms with van der Waals surface area (Å²) in [6, 6.07) is 7.66. The Balaban J connectivity index is 1.68. The van der Waals surface area contributed by atoms with Crippen molar-refractivity contribution in [1.82, 2.24) is 15.0 Å². The molecule has 3 heterocycles. The first-order valence-corrected chi connectivity index (χ1v) is 7.04. The maximum atomic E-state index is 9.17. The van der Waals surface area contributed by atoms with Gasteiger partial charge in [-0.15, -0.1) is 0 Å². The number of nitriles is 1. The number of ether oxygens (including phenoxy) is 1. The standard InChI is InChI=1S/C15H16N6O/c1-22-13-4-7-18-15(20-13)19-12-5-8-21(10-12)14-11(9-16)3-2-6-17-14/h2-4,6-7,12H,5,8,10H2,1H3,(H,18,19,20). The lowest BCUT2D eigenvalue weighted by Gasteiger charge is -2.18. The Bertz CT molecular complexity index is 698. The van der Waals surface area contributed by atoms with E-state index in [1.54, 1.807) is 37.7 Å². The maximum Gasteiger partial charge on any atom is 0.226 e. The monoisotopic (exact) mass is 296 g/mol. The highest BCUT2D eigenvalue weighted by Crippen LogP contribution is 2.23. The van der Waals surface area contributed by atoms with Crippen LogP contribution in [-0.4, -0.2) is 41.2 Å². The summed E-state index contributed by atoms with van der Waals surface area (Å²) in [6.07, 6.45) is 4.30. The van der Waals surface area contributed by atoms with E-state index in [0.717, 1.165) is 25.3 Å². The van der Waals surface area contributed by atoms with Crippen molar-refractivity contribution in [2.75, 3.05) is 30.4 Å². The van der Waals surface area contributed by atoms with E-state index in [4.69, 9.17) is 4.74 Å². The zero-order valence-corrected chi connectivity index (χ0v) is 12.2. The normalized spacial score (nSPS) is 17.1. The van der Waals surface area contributed by atoms with Crippen LogP contribution in [0.3, 0.4) is 0 Å². The Hall–Kier alpha value is -2.88. The zero-order chi connectivity index (χ0) is 15.4. The molecule has 1 aliphatic rings. The van der Waals surface area contributed by atoms with E-state index in [2.05, 4.69) is 31.2 Å². The fourth-order valence-electron chi connectivity index (χ4n) is 2.51. The van der Waals surface area contributed by atoms with E-state index in [0.29, 0.717) is 17.4 Å². The molecule has 3 rings (SSSR count). The molecule has 1 atom stereocenters. The summed E-state index contributed by atoms with van der Waals surface area (Å²) in [5.41, 5.74) is 0.598. The second-order valence-electron chi connectivity index (χ2n) is 4.98. The van der Waals surface area contributed by atoms with Gasteiger partial charge in [0.2, 0.25) is 11.8 Å². The Kier molecular flexibility index (Phi) is 4.01. The quantitative estimate of drug-likeness (QED) is 0.913. The Labute approximate surface area is 128 Å². The van der Waals surface area contributed by atoms with Gasteiger partial charge in [-0.2, -0.15) is 10.2 Å². The maximum absolute atomic E-state index is 9.17. The molecule has 1 fully saturated rings. The SMILES string of the molecule is COc1ccnc(NC2CCN(c3ncccc3C#N)C2)n1. The minimum absolute atomic E-state index is 0.209. The molecule has 1 unspecified atom stereocenters. The van der Waals surface area contributed by atoms with Crippen molar-refractivity contribution < 1.29 is 4.74 Å². The first-order chi connectivity index (χ1) is 10.8. The summed E-state index contributed by atoms with van der Waals surface area (Å²) in [5.74, 6) is 1.82. The zero-order valence-electron chi connectivity index (χ0n) is 12.2. The van der Waals surface area contributed by atoms with Crippen molar-refractivity contribution in [3.8, 4) is 11.9 Å². The van der Waals surface area contributed by atoms with Crippen LogP contribution in [0.5, 0.6) is 5.88 Å². The van der Waals surface area contributed by atoms with Gasteiger partial charge < -0.3 is 15.0 Å². The molecule has 0 amide bonds. The molecular formula is C15H16N6O. The van der Waals surface area contributed by atoms with Crippen LogP contribution in [0.4, 0.5) is 11.8 Å². The van der Waals surface area contributed by atoms with Crippen LogP contribution in [0.25, 0.3) is 0 Å². The number of nitrogens with zero attached hydrogens (tertiary/aromatic N) is 5. The first kappa shape index (κ1) is 14.1. The third-order valence-corrected chi connectivity index (χ3v) is 3.57. The van der Waals surface area contributed by atoms with Crippen molar-refractivity contribution in [3.63, 3.8) is 0 Å². The number of rotatable bonds is 4. The molecule has 0 saturated carbocycles. The number of nitrogens with one attached hydrogen (secondary N) is 1. The number of methoxy groups -OCH3 is 1. The lowest BCUT2D eigenvalue weighted by Crippen LogP contribution is -2.27. The fraction of sp³-hybridized carbons (Fsp3) is 0.333. The van der Waals surface area contributed by atoms with Gasteiger partial charge in [-0.1, -0.05) is 0 Å². The molecule has 2 aromatic heterocycles. The van der Waals surface area contributed by atoms with E-state index in [-0.39, 0.29) is 6.04 Å². The van der Waals surface area contributed by atoms with Crippen LogP contribution in [-0.2, 0) is 0 Å². The molecule has 1 saturated heterocycles. The van der Waals surface area contributed by atoms with Gasteiger partial charge >= 0.3 is 0 Å². The minimum Gasteiger partial charge on any atom is -0.481 e. The molecule has 0 radical (unpaired) electrons. The van der Waals surface area contributed by atoms with Gasteiger partial charge in [0.15, 0.2) is 0 Å². The average Bonchev–Trinajstić information content (AvgIpc) is 3.03. The second-order valence-corrected chi connectivity index (χ2v) is 4.98. The number of hydrogen-bond acceptors (Lipinski definition) is 7. The van der Waals surface area contributed by atoms with Crippen LogP contribution < -0.4 is 15.0 Å². The molecule has 0 bridgehead atoms. The number of pyridine rings is 1. The molecule has 0 spiro atoms. The summed E-state index contributed by atoms with van der Waals surface area (Å²) < 4.78 is 5.09. The van der Waals surface area contributed by atoms with Crippen molar-refractivity contribution >= 4 is 11.8 Å². The second kappa shape index (κ2) is 6.26. The Morgan fingerprint density at radius 1 is 1.36 bits per heavy atom. The third-order valence-electron chi connectivity index (χ3n) is 3.57. The predicted molar refractivity (Wildman–Crippen MR) is 81.8 cm³/mol. The van der Waals surface area contributed by atoms with Gasteiger partial charge in [0, 0.05) is 37.6 Å². The van der Waals surface area contributed by atoms with E-state index >= 15 is 0 Å². The number of aromatic nitrogens is 3. The topological polar surface area (TPSA) is 87.0 Å². The summed E-state index contributed by atoms with van der Waals surface area (Å²) in [5, 5.41) is 12.5. The molecule has 0 aromatic carbocycles. The van der Waals surface area contributed by atoms with Gasteiger partial charge in [-0.05, 0) is 18.6 Å². The van der Waals surface area contributed by atoms with Gasteiger partial charge in [-0.3, -0.25) is 0 Å². The van der Waals surface area contributed by atoms with Gasteiger partial charge in [0.25, 0.3) is 0 Å². The highest BCUT2D eigenvalue weighted by Gasteiger charge is 2.25. The fourth-order valence-corrected chi connectivity index (χ4v) is 2.51. The molecule has 1 N–H and O–H groups in total. The highest BCUT2D eigenvalue weighted by molar-refractivity contribution is 5.54. The summed E-state index contributed by atoms with van der Waals surface area (Å²) >= 11 is 0. The van der Waals surface area contributed by atoms with Crippen LogP contribution in [0.1, 0.15) is 12.0 Å². The molecule has 2 aromatic rings. The summed E-state index contributed by atoms with van der Waals surface area (Å²) in [6.45, 7) is 1.60. The molecule has 0 aliphatic carbocycles. The lowest BCUT2D eigenvalue weighted by molar-refractivity contribution is 0.397. The average molecular weight is 296 g/mol. The van der Waals surface area contributed by atoms with Crippen LogP contribution >= 0.6 is 0 Å². The number of anilines is 2. The highest BCUT2D eigenvalue weighted by atomic mass is 16.5. The largest absolute Gasteiger partial charge is 0.481 e. The van der Waals surface area contributed by atoms with E-state index in [9.17, 15) is 5.26 Å². The Morgan fingerprint density at radius 2 is 2.27 bits per heavy atom. The number of hydrogen-bond donors (Lipinski definition) is 1. The van der Waals surface area contributed by atoms with Crippen molar-refractivity contribution in [2.45, 2.75) is 12.5 Å². The van der Waals surface area contributed by atoms with Crippen LogP contribution in [0.2, 0.25) is 0 Å². The van der Waals surface area contributed by atoms with Crippen molar-refractivity contribution in [2.24, 2.45) is 0 Å². The van der Waals surface area contributed by atoms with Crippen molar-refractivity contribution in [1.29, 1.82) is 5.26 Å². The smallest absolute Gasteiger partial charge is 0.226 e. The summed E-state index contributed by atoms with van der Waals surface area (Å²) in [4.78, 5) is 14.9. The first-order valence-electron chi connectivity index (χ1n) is 7.04. The molecule has 1 aliphatic heterocycles. The van der Waals surface area contributed by atoms with E-state index < -0.39 is 0 Å². The molecule has 7 nitrogen and oxygen atoms in total. The summed E-state index contributed by atoms with van der Waals surface area (Å²) in [7, 11) is 1.58. The van der Waals surface area contributed by atoms with Crippen LogP contribution in [0, 0.1) is 11.3 Å². The van der Waals surface area contributed by atoms with E-state index in [1.165, 1.54) is 0 Å².